The van der Waals surface area contributed by atoms with Gasteiger partial charge in [0.05, 0.1) is 38.5 Å². The smallest absolute Gasteiger partial charge is 0.290 e. The van der Waals surface area contributed by atoms with E-state index in [1.54, 1.807) is 48.5 Å². The van der Waals surface area contributed by atoms with E-state index >= 15 is 0 Å². The number of furan rings is 1. The SMILES string of the molecule is C=CCOc1ccc(C2C(C(=O)c3cc4cccc(OC)c4o3)=C(O)C(=O)N2CCN2CCOCC2)cc1OCC. The zero-order chi connectivity index (χ0) is 28.9. The third-order valence-electron chi connectivity index (χ3n) is 7.20. The lowest BCUT2D eigenvalue weighted by Crippen LogP contribution is -2.43. The van der Waals surface area contributed by atoms with Gasteiger partial charge in [0, 0.05) is 31.6 Å². The van der Waals surface area contributed by atoms with Crippen LogP contribution in [-0.2, 0) is 9.53 Å². The lowest BCUT2D eigenvalue weighted by atomic mass is 9.94. The molecule has 0 aliphatic carbocycles. The van der Waals surface area contributed by atoms with E-state index in [2.05, 4.69) is 11.5 Å². The molecule has 1 aromatic heterocycles. The molecule has 1 saturated heterocycles. The highest BCUT2D eigenvalue weighted by molar-refractivity contribution is 6.16. The van der Waals surface area contributed by atoms with Crippen LogP contribution in [0.3, 0.4) is 0 Å². The fourth-order valence-electron chi connectivity index (χ4n) is 5.21. The molecule has 3 aromatic rings. The molecule has 5 rings (SSSR count). The molecular formula is C31H34N2O8. The molecule has 0 bridgehead atoms. The van der Waals surface area contributed by atoms with Crippen molar-refractivity contribution in [2.75, 3.05) is 59.7 Å². The van der Waals surface area contributed by atoms with E-state index in [0.29, 0.717) is 60.1 Å². The number of aliphatic hydroxyl groups excluding tert-OH is 1. The van der Waals surface area contributed by atoms with Gasteiger partial charge in [0.2, 0.25) is 5.78 Å². The number of ketones is 1. The third kappa shape index (κ3) is 5.66. The molecule has 0 saturated carbocycles. The Morgan fingerprint density at radius 3 is 2.63 bits per heavy atom. The van der Waals surface area contributed by atoms with Crippen LogP contribution >= 0.6 is 0 Å². The molecule has 0 spiro atoms. The number of benzene rings is 2. The number of rotatable bonds is 12. The van der Waals surface area contributed by atoms with Crippen LogP contribution in [0.4, 0.5) is 0 Å². The second-order valence-electron chi connectivity index (χ2n) is 9.67. The number of carbonyl (C=O) groups is 2. The third-order valence-corrected chi connectivity index (χ3v) is 7.20. The maximum absolute atomic E-state index is 14.0. The zero-order valence-electron chi connectivity index (χ0n) is 23.3. The average molecular weight is 563 g/mol. The lowest BCUT2D eigenvalue weighted by molar-refractivity contribution is -0.129. The molecule has 216 valence electrons. The van der Waals surface area contributed by atoms with Crippen LogP contribution in [0.5, 0.6) is 17.2 Å². The summed E-state index contributed by atoms with van der Waals surface area (Å²) in [5.41, 5.74) is 0.943. The fourth-order valence-corrected chi connectivity index (χ4v) is 5.21. The first-order chi connectivity index (χ1) is 20.0. The Morgan fingerprint density at radius 1 is 1.10 bits per heavy atom. The molecule has 1 atom stereocenters. The Bertz CT molecular complexity index is 1470. The molecule has 3 heterocycles. The number of para-hydroxylation sites is 1. The lowest BCUT2D eigenvalue weighted by Gasteiger charge is -2.31. The summed E-state index contributed by atoms with van der Waals surface area (Å²) in [6.45, 7) is 9.77. The molecule has 41 heavy (non-hydrogen) atoms. The molecule has 1 N–H and O–H groups in total. The van der Waals surface area contributed by atoms with Crippen molar-refractivity contribution in [2.45, 2.75) is 13.0 Å². The number of hydrogen-bond acceptors (Lipinski definition) is 9. The maximum Gasteiger partial charge on any atom is 0.290 e. The highest BCUT2D eigenvalue weighted by atomic mass is 16.5. The van der Waals surface area contributed by atoms with Gasteiger partial charge in [0.25, 0.3) is 5.91 Å². The normalized spacial score (nSPS) is 17.8. The largest absolute Gasteiger partial charge is 0.503 e. The quantitative estimate of drug-likeness (QED) is 0.255. The number of carbonyl (C=O) groups excluding carboxylic acids is 2. The molecular weight excluding hydrogens is 528 g/mol. The molecule has 2 aromatic carbocycles. The minimum Gasteiger partial charge on any atom is -0.503 e. The van der Waals surface area contributed by atoms with Crippen molar-refractivity contribution in [3.63, 3.8) is 0 Å². The van der Waals surface area contributed by atoms with Gasteiger partial charge >= 0.3 is 0 Å². The molecule has 2 aliphatic rings. The zero-order valence-corrected chi connectivity index (χ0v) is 23.3. The summed E-state index contributed by atoms with van der Waals surface area (Å²) in [6.07, 6.45) is 1.63. The monoisotopic (exact) mass is 562 g/mol. The number of aliphatic hydroxyl groups is 1. The number of Topliss-reactive ketones (excluding diaryl/α,β-unsaturated/α-hetero) is 1. The van der Waals surface area contributed by atoms with Crippen LogP contribution in [0.25, 0.3) is 11.0 Å². The number of hydrogen-bond donors (Lipinski definition) is 1. The van der Waals surface area contributed by atoms with Gasteiger partial charge in [-0.25, -0.2) is 0 Å². The number of fused-ring (bicyclic) bond motifs is 1. The van der Waals surface area contributed by atoms with Gasteiger partial charge in [0.15, 0.2) is 34.4 Å². The van der Waals surface area contributed by atoms with E-state index in [-0.39, 0.29) is 24.5 Å². The predicted octanol–water partition coefficient (Wildman–Crippen LogP) is 4.32. The van der Waals surface area contributed by atoms with Gasteiger partial charge in [0.1, 0.15) is 6.61 Å². The van der Waals surface area contributed by atoms with Crippen LogP contribution in [-0.4, -0.2) is 86.3 Å². The van der Waals surface area contributed by atoms with Crippen molar-refractivity contribution in [1.29, 1.82) is 0 Å². The summed E-state index contributed by atoms with van der Waals surface area (Å²) in [7, 11) is 1.52. The molecule has 1 unspecified atom stereocenters. The van der Waals surface area contributed by atoms with Gasteiger partial charge < -0.3 is 33.4 Å². The van der Waals surface area contributed by atoms with E-state index < -0.39 is 23.5 Å². The van der Waals surface area contributed by atoms with Gasteiger partial charge in [-0.15, -0.1) is 0 Å². The van der Waals surface area contributed by atoms with E-state index in [0.717, 1.165) is 13.1 Å². The van der Waals surface area contributed by atoms with Crippen molar-refractivity contribution in [3.8, 4) is 17.2 Å². The molecule has 0 radical (unpaired) electrons. The summed E-state index contributed by atoms with van der Waals surface area (Å²) >= 11 is 0. The predicted molar refractivity (Wildman–Crippen MR) is 152 cm³/mol. The fraction of sp³-hybridized carbons (Fsp3) is 0.355. The number of morpholine rings is 1. The van der Waals surface area contributed by atoms with Gasteiger partial charge in [-0.3, -0.25) is 14.5 Å². The van der Waals surface area contributed by atoms with E-state index in [1.165, 1.54) is 12.0 Å². The molecule has 2 aliphatic heterocycles. The summed E-state index contributed by atoms with van der Waals surface area (Å²) < 4.78 is 28.4. The molecule has 10 nitrogen and oxygen atoms in total. The Morgan fingerprint density at radius 2 is 1.90 bits per heavy atom. The Labute approximate surface area is 238 Å². The summed E-state index contributed by atoms with van der Waals surface area (Å²) in [6, 6.07) is 11.3. The van der Waals surface area contributed by atoms with Crippen molar-refractivity contribution >= 4 is 22.7 Å². The molecule has 10 heteroatoms. The van der Waals surface area contributed by atoms with Crippen molar-refractivity contribution in [3.05, 3.63) is 77.8 Å². The summed E-state index contributed by atoms with van der Waals surface area (Å²) in [4.78, 5) is 31.2. The Kier molecular flexibility index (Phi) is 8.61. The number of nitrogens with zero attached hydrogens (tertiary/aromatic N) is 2. The standard InChI is InChI=1S/C31H34N2O8/c1-4-15-40-22-10-9-20(18-24(22)39-5-2)27-26(28(34)25-19-21-7-6-8-23(37-3)30(21)41-25)29(35)31(36)33(27)12-11-32-13-16-38-17-14-32/h4,6-10,18-19,27,35H,1,5,11-17H2,2-3H3. The highest BCUT2D eigenvalue weighted by Gasteiger charge is 2.45. The number of ether oxygens (including phenoxy) is 4. The van der Waals surface area contributed by atoms with Crippen molar-refractivity contribution in [1.82, 2.24) is 9.80 Å². The molecule has 1 amide bonds. The van der Waals surface area contributed by atoms with Gasteiger partial charge in [-0.1, -0.05) is 30.9 Å². The Balaban J connectivity index is 1.55. The molecule has 1 fully saturated rings. The first-order valence-corrected chi connectivity index (χ1v) is 13.6. The average Bonchev–Trinajstić information content (AvgIpc) is 3.54. The van der Waals surface area contributed by atoms with Crippen LogP contribution in [0.2, 0.25) is 0 Å². The van der Waals surface area contributed by atoms with Crippen LogP contribution < -0.4 is 14.2 Å². The minimum atomic E-state index is -0.876. The van der Waals surface area contributed by atoms with E-state index in [1.807, 2.05) is 6.92 Å². The minimum absolute atomic E-state index is 0.00477. The maximum atomic E-state index is 14.0. The topological polar surface area (TPSA) is 111 Å². The number of methoxy groups -OCH3 is 1. The first-order valence-electron chi connectivity index (χ1n) is 13.6. The van der Waals surface area contributed by atoms with Crippen molar-refractivity contribution in [2.24, 2.45) is 0 Å². The second kappa shape index (κ2) is 12.5. The number of amides is 1. The first kappa shape index (κ1) is 28.3. The van der Waals surface area contributed by atoms with Crippen LogP contribution in [0.15, 0.2) is 70.9 Å². The second-order valence-corrected chi connectivity index (χ2v) is 9.67. The Hall–Kier alpha value is -4.28. The summed E-state index contributed by atoms with van der Waals surface area (Å²) in [5.74, 6) is -0.371. The van der Waals surface area contributed by atoms with Gasteiger partial charge in [-0.2, -0.15) is 0 Å². The van der Waals surface area contributed by atoms with Gasteiger partial charge in [-0.05, 0) is 36.8 Å². The highest BCUT2D eigenvalue weighted by Crippen LogP contribution is 2.42. The summed E-state index contributed by atoms with van der Waals surface area (Å²) in [5, 5.41) is 11.8. The van der Waals surface area contributed by atoms with E-state index in [4.69, 9.17) is 23.4 Å². The van der Waals surface area contributed by atoms with Crippen molar-refractivity contribution < 1.29 is 38.1 Å². The van der Waals surface area contributed by atoms with E-state index in [9.17, 15) is 14.7 Å². The van der Waals surface area contributed by atoms with Crippen LogP contribution in [0.1, 0.15) is 29.1 Å². The van der Waals surface area contributed by atoms with Crippen LogP contribution in [0, 0.1) is 0 Å².